The molecule has 2 aromatic carbocycles. The third-order valence-electron chi connectivity index (χ3n) is 7.66. The number of anilines is 1. The maximum atomic E-state index is 12.4. The molecule has 3 atom stereocenters. The number of hydrogen-bond acceptors (Lipinski definition) is 5. The van der Waals surface area contributed by atoms with Gasteiger partial charge < -0.3 is 15.7 Å². The summed E-state index contributed by atoms with van der Waals surface area (Å²) in [6.07, 6.45) is 7.27. The second kappa shape index (κ2) is 8.82. The van der Waals surface area contributed by atoms with Crippen LogP contribution in [0.25, 0.3) is 16.8 Å². The van der Waals surface area contributed by atoms with Crippen LogP contribution >= 0.6 is 0 Å². The number of carbonyl (C=O) groups is 1. The number of carbonyl (C=O) groups excluding carboxylic acids is 1. The summed E-state index contributed by atoms with van der Waals surface area (Å²) in [6.45, 7) is 0.744. The first-order chi connectivity index (χ1) is 17.1. The second-order valence-electron chi connectivity index (χ2n) is 9.63. The number of fused-ring (bicyclic) bond motifs is 2. The van der Waals surface area contributed by atoms with E-state index in [4.69, 9.17) is 10.7 Å². The van der Waals surface area contributed by atoms with Gasteiger partial charge in [-0.2, -0.15) is 0 Å². The van der Waals surface area contributed by atoms with Gasteiger partial charge in [0.05, 0.1) is 6.61 Å². The van der Waals surface area contributed by atoms with Crippen LogP contribution in [0.15, 0.2) is 67.0 Å². The Kier molecular flexibility index (Phi) is 5.49. The van der Waals surface area contributed by atoms with E-state index in [-0.39, 0.29) is 24.3 Å². The van der Waals surface area contributed by atoms with Crippen LogP contribution in [0.2, 0.25) is 0 Å². The number of piperidine rings is 1. The van der Waals surface area contributed by atoms with E-state index in [2.05, 4.69) is 21.5 Å². The second-order valence-corrected chi connectivity index (χ2v) is 9.63. The average Bonchev–Trinajstić information content (AvgIpc) is 3.47. The molecule has 0 saturated carbocycles. The van der Waals surface area contributed by atoms with Crippen LogP contribution < -0.4 is 5.73 Å². The van der Waals surface area contributed by atoms with Gasteiger partial charge in [-0.25, -0.2) is 9.97 Å². The summed E-state index contributed by atoms with van der Waals surface area (Å²) in [5, 5.41) is 10.1. The molecule has 35 heavy (non-hydrogen) atoms. The topological polar surface area (TPSA) is 96.8 Å². The van der Waals surface area contributed by atoms with Crippen molar-refractivity contribution >= 4 is 17.2 Å². The lowest BCUT2D eigenvalue weighted by Crippen LogP contribution is -2.41. The Morgan fingerprint density at radius 1 is 1.03 bits per heavy atom. The molecule has 2 aliphatic heterocycles. The lowest BCUT2D eigenvalue weighted by molar-refractivity contribution is -0.130. The number of rotatable bonds is 5. The molecule has 178 valence electrons. The van der Waals surface area contributed by atoms with E-state index in [9.17, 15) is 9.90 Å². The Labute approximate surface area is 204 Å². The molecule has 1 amide bonds. The van der Waals surface area contributed by atoms with Gasteiger partial charge in [0.15, 0.2) is 0 Å². The van der Waals surface area contributed by atoms with Crippen LogP contribution in [-0.2, 0) is 4.79 Å². The zero-order valence-corrected chi connectivity index (χ0v) is 19.5. The highest BCUT2D eigenvalue weighted by Crippen LogP contribution is 2.38. The molecule has 0 radical (unpaired) electrons. The van der Waals surface area contributed by atoms with Crippen molar-refractivity contribution < 1.29 is 9.90 Å². The summed E-state index contributed by atoms with van der Waals surface area (Å²) in [6, 6.07) is 18.6. The predicted molar refractivity (Wildman–Crippen MR) is 135 cm³/mol. The van der Waals surface area contributed by atoms with Gasteiger partial charge in [-0.1, -0.05) is 54.6 Å². The summed E-state index contributed by atoms with van der Waals surface area (Å²) in [4.78, 5) is 23.9. The fourth-order valence-corrected chi connectivity index (χ4v) is 5.82. The number of nitrogens with zero attached hydrogens (tertiary/aromatic N) is 4. The number of hydrogen-bond donors (Lipinski definition) is 2. The minimum absolute atomic E-state index is 0.0374. The van der Waals surface area contributed by atoms with E-state index >= 15 is 0 Å². The highest BCUT2D eigenvalue weighted by atomic mass is 16.3. The molecule has 3 N–H and O–H groups in total. The summed E-state index contributed by atoms with van der Waals surface area (Å²) < 4.78 is 2.05. The first-order valence-electron chi connectivity index (χ1n) is 12.3. The molecule has 0 spiro atoms. The maximum Gasteiger partial charge on any atom is 0.222 e. The van der Waals surface area contributed by atoms with Crippen molar-refractivity contribution in [1.29, 1.82) is 0 Å². The summed E-state index contributed by atoms with van der Waals surface area (Å²) in [5.41, 5.74) is 11.0. The van der Waals surface area contributed by atoms with E-state index in [0.29, 0.717) is 24.8 Å². The molecule has 0 aliphatic carbocycles. The molecule has 4 heterocycles. The zero-order chi connectivity index (χ0) is 23.9. The molecular weight excluding hydrogens is 438 g/mol. The van der Waals surface area contributed by atoms with Gasteiger partial charge >= 0.3 is 0 Å². The first kappa shape index (κ1) is 21.8. The third kappa shape index (κ3) is 3.76. The SMILES string of the molecule is Nc1nccn2c([C@@H]3CC[C@H]4CCC(=O)N4C3)nc(-c3ccc(C(CO)c4ccccc4)cc3)c12. The molecule has 1 unspecified atom stereocenters. The number of aliphatic hydroxyl groups excluding tert-OH is 1. The van der Waals surface area contributed by atoms with Crippen molar-refractivity contribution in [3.63, 3.8) is 0 Å². The molecule has 2 fully saturated rings. The fourth-order valence-electron chi connectivity index (χ4n) is 5.82. The molecule has 7 heteroatoms. The Hall–Kier alpha value is -3.71. The van der Waals surface area contributed by atoms with E-state index in [0.717, 1.165) is 53.0 Å². The molecule has 7 nitrogen and oxygen atoms in total. The Balaban J connectivity index is 1.37. The van der Waals surface area contributed by atoms with Gasteiger partial charge in [0, 0.05) is 48.8 Å². The van der Waals surface area contributed by atoms with Gasteiger partial charge in [0.25, 0.3) is 0 Å². The van der Waals surface area contributed by atoms with E-state index in [1.807, 2.05) is 53.6 Å². The summed E-state index contributed by atoms with van der Waals surface area (Å²) in [5.74, 6) is 1.71. The van der Waals surface area contributed by atoms with Gasteiger partial charge in [0.1, 0.15) is 22.9 Å². The van der Waals surface area contributed by atoms with Crippen LogP contribution in [-0.4, -0.2) is 49.5 Å². The Morgan fingerprint density at radius 3 is 2.57 bits per heavy atom. The molecule has 0 bridgehead atoms. The average molecular weight is 468 g/mol. The number of nitrogens with two attached hydrogens (primary N) is 1. The number of imidazole rings is 1. The Bertz CT molecular complexity index is 1370. The number of aliphatic hydroxyl groups is 1. The highest BCUT2D eigenvalue weighted by molar-refractivity contribution is 5.85. The van der Waals surface area contributed by atoms with Crippen molar-refractivity contribution in [2.24, 2.45) is 0 Å². The molecule has 4 aromatic rings. The van der Waals surface area contributed by atoms with Gasteiger partial charge in [-0.15, -0.1) is 0 Å². The molecule has 2 aromatic heterocycles. The smallest absolute Gasteiger partial charge is 0.222 e. The highest BCUT2D eigenvalue weighted by Gasteiger charge is 2.38. The van der Waals surface area contributed by atoms with Crippen LogP contribution in [0.5, 0.6) is 0 Å². The minimum Gasteiger partial charge on any atom is -0.395 e. The molecule has 2 aliphatic rings. The lowest BCUT2D eigenvalue weighted by Gasteiger charge is -2.34. The molecular formula is C28H29N5O2. The number of amides is 1. The van der Waals surface area contributed by atoms with Crippen LogP contribution in [0.3, 0.4) is 0 Å². The maximum absolute atomic E-state index is 12.4. The predicted octanol–water partition coefficient (Wildman–Crippen LogP) is 3.97. The third-order valence-corrected chi connectivity index (χ3v) is 7.66. The summed E-state index contributed by atoms with van der Waals surface area (Å²) in [7, 11) is 0. The van der Waals surface area contributed by atoms with E-state index in [1.165, 1.54) is 0 Å². The van der Waals surface area contributed by atoms with E-state index < -0.39 is 0 Å². The molecule has 2 saturated heterocycles. The van der Waals surface area contributed by atoms with Gasteiger partial charge in [-0.3, -0.25) is 9.20 Å². The number of nitrogen functional groups attached to an aromatic ring is 1. The van der Waals surface area contributed by atoms with Crippen molar-refractivity contribution in [2.45, 2.75) is 43.6 Å². The van der Waals surface area contributed by atoms with Crippen molar-refractivity contribution in [1.82, 2.24) is 19.3 Å². The lowest BCUT2D eigenvalue weighted by atomic mass is 9.91. The summed E-state index contributed by atoms with van der Waals surface area (Å²) >= 11 is 0. The van der Waals surface area contributed by atoms with Crippen molar-refractivity contribution in [3.8, 4) is 11.3 Å². The quantitative estimate of drug-likeness (QED) is 0.463. The minimum atomic E-state index is -0.0838. The van der Waals surface area contributed by atoms with E-state index in [1.54, 1.807) is 6.20 Å². The van der Waals surface area contributed by atoms with Crippen LogP contribution in [0.1, 0.15) is 54.5 Å². The largest absolute Gasteiger partial charge is 0.395 e. The Morgan fingerprint density at radius 2 is 1.80 bits per heavy atom. The van der Waals surface area contributed by atoms with Gasteiger partial charge in [-0.05, 0) is 30.4 Å². The standard InChI is InChI=1S/C28H29N5O2/c29-27-26-25(20-8-6-19(7-9-20)23(17-34)18-4-2-1-3-5-18)31-28(32(26)15-14-30-27)21-10-11-22-12-13-24(35)33(22)16-21/h1-9,14-15,21-23,34H,10-13,16-17H2,(H2,29,30)/t21-,22+,23?/m1/s1. The van der Waals surface area contributed by atoms with Crippen molar-refractivity contribution in [2.75, 3.05) is 18.9 Å². The first-order valence-corrected chi connectivity index (χ1v) is 12.3. The zero-order valence-electron chi connectivity index (χ0n) is 19.5. The van der Waals surface area contributed by atoms with Crippen LogP contribution in [0, 0.1) is 0 Å². The number of aromatic nitrogens is 3. The molecule has 6 rings (SSSR count). The number of benzene rings is 2. The fraction of sp³-hybridized carbons (Fsp3) is 0.321. The monoisotopic (exact) mass is 467 g/mol. The van der Waals surface area contributed by atoms with Crippen molar-refractivity contribution in [3.05, 3.63) is 83.9 Å². The normalized spacial score (nSPS) is 20.8. The van der Waals surface area contributed by atoms with Gasteiger partial charge in [0.2, 0.25) is 5.91 Å². The van der Waals surface area contributed by atoms with Crippen LogP contribution in [0.4, 0.5) is 5.82 Å².